The minimum Gasteiger partial charge on any atom is -0.458 e. The fraction of sp³-hybridized carbons (Fsp3) is 0.591. The summed E-state index contributed by atoms with van der Waals surface area (Å²) in [6, 6.07) is -0.300. The summed E-state index contributed by atoms with van der Waals surface area (Å²) in [5.74, 6) is -0.964. The SMILES string of the molecule is CC1=C[C@H](OC=C2C(=O)N(C(=O)OC(C)(C)C)[C@@H]3C4=C(CCCC4)C[C@H]23)OC1=O. The van der Waals surface area contributed by atoms with Gasteiger partial charge in [-0.15, -0.1) is 0 Å². The molecule has 29 heavy (non-hydrogen) atoms. The maximum Gasteiger partial charge on any atom is 0.417 e. The first-order chi connectivity index (χ1) is 13.7. The smallest absolute Gasteiger partial charge is 0.417 e. The number of imide groups is 1. The number of cyclic esters (lactones) is 1. The third-order valence-corrected chi connectivity index (χ3v) is 5.83. The summed E-state index contributed by atoms with van der Waals surface area (Å²) in [6.07, 6.45) is 6.33. The fourth-order valence-corrected chi connectivity index (χ4v) is 4.60. The van der Waals surface area contributed by atoms with Crippen molar-refractivity contribution in [2.75, 3.05) is 0 Å². The van der Waals surface area contributed by atoms with Crippen molar-refractivity contribution in [3.05, 3.63) is 34.6 Å². The first kappa shape index (κ1) is 19.7. The maximum absolute atomic E-state index is 13.2. The van der Waals surface area contributed by atoms with E-state index in [1.165, 1.54) is 22.3 Å². The van der Waals surface area contributed by atoms with Crippen LogP contribution in [0.25, 0.3) is 0 Å². The number of carbonyl (C=O) groups is 3. The zero-order valence-corrected chi connectivity index (χ0v) is 17.3. The molecule has 2 amide bonds. The van der Waals surface area contributed by atoms with Crippen LogP contribution in [-0.4, -0.2) is 40.8 Å². The highest BCUT2D eigenvalue weighted by atomic mass is 16.7. The van der Waals surface area contributed by atoms with Gasteiger partial charge in [0.1, 0.15) is 5.60 Å². The molecule has 4 aliphatic rings. The van der Waals surface area contributed by atoms with Crippen LogP contribution in [0.15, 0.2) is 34.6 Å². The van der Waals surface area contributed by atoms with Crippen molar-refractivity contribution < 1.29 is 28.6 Å². The van der Waals surface area contributed by atoms with E-state index in [0.717, 1.165) is 32.1 Å². The Morgan fingerprint density at radius 1 is 1.24 bits per heavy atom. The Bertz CT molecular complexity index is 859. The first-order valence-corrected chi connectivity index (χ1v) is 10.2. The molecule has 0 bridgehead atoms. The van der Waals surface area contributed by atoms with Crippen LogP contribution in [0.4, 0.5) is 4.79 Å². The van der Waals surface area contributed by atoms with Crippen LogP contribution in [0.1, 0.15) is 59.8 Å². The molecule has 7 nitrogen and oxygen atoms in total. The number of ether oxygens (including phenoxy) is 3. The molecule has 0 N–H and O–H groups in total. The highest BCUT2D eigenvalue weighted by Gasteiger charge is 2.54. The van der Waals surface area contributed by atoms with Crippen molar-refractivity contribution >= 4 is 18.0 Å². The van der Waals surface area contributed by atoms with Gasteiger partial charge >= 0.3 is 12.1 Å². The molecule has 0 aromatic carbocycles. The number of allylic oxidation sites excluding steroid dienone is 1. The van der Waals surface area contributed by atoms with Gasteiger partial charge < -0.3 is 14.2 Å². The Morgan fingerprint density at radius 2 is 1.97 bits per heavy atom. The van der Waals surface area contributed by atoms with Gasteiger partial charge in [-0.1, -0.05) is 5.57 Å². The van der Waals surface area contributed by atoms with Gasteiger partial charge in [-0.2, -0.15) is 0 Å². The Balaban J connectivity index is 1.62. The monoisotopic (exact) mass is 401 g/mol. The van der Waals surface area contributed by atoms with E-state index in [9.17, 15) is 14.4 Å². The molecule has 0 aromatic rings. The van der Waals surface area contributed by atoms with Gasteiger partial charge in [0.25, 0.3) is 12.2 Å². The topological polar surface area (TPSA) is 82.1 Å². The number of rotatable bonds is 2. The fourth-order valence-electron chi connectivity index (χ4n) is 4.60. The lowest BCUT2D eigenvalue weighted by Gasteiger charge is -2.29. The van der Waals surface area contributed by atoms with Gasteiger partial charge in [-0.05, 0) is 65.4 Å². The lowest BCUT2D eigenvalue weighted by Crippen LogP contribution is -2.43. The number of fused-ring (bicyclic) bond motifs is 2. The number of esters is 1. The number of hydrogen-bond acceptors (Lipinski definition) is 6. The molecule has 2 aliphatic carbocycles. The van der Waals surface area contributed by atoms with Gasteiger partial charge in [0.15, 0.2) is 0 Å². The van der Waals surface area contributed by atoms with E-state index in [1.807, 2.05) is 0 Å². The Hall–Kier alpha value is -2.57. The lowest BCUT2D eigenvalue weighted by atomic mass is 9.92. The van der Waals surface area contributed by atoms with Crippen molar-refractivity contribution in [2.45, 2.75) is 77.7 Å². The summed E-state index contributed by atoms with van der Waals surface area (Å²) < 4.78 is 16.2. The zero-order valence-electron chi connectivity index (χ0n) is 17.3. The van der Waals surface area contributed by atoms with E-state index in [2.05, 4.69) is 0 Å². The molecule has 0 saturated carbocycles. The zero-order chi connectivity index (χ0) is 20.9. The quantitative estimate of drug-likeness (QED) is 0.303. The van der Waals surface area contributed by atoms with Gasteiger partial charge in [-0.3, -0.25) is 4.79 Å². The molecule has 0 unspecified atom stereocenters. The standard InChI is InChI=1S/C22H27NO6/c1-12-9-17(28-20(12)25)27-11-16-15-10-13-7-5-6-8-14(13)18(15)23(19(16)24)21(26)29-22(2,3)4/h9,11,15,17-18H,5-8,10H2,1-4H3/t15-,17-,18-/m1/s1. The molecule has 4 rings (SSSR count). The highest BCUT2D eigenvalue weighted by Crippen LogP contribution is 2.50. The molecule has 3 atom stereocenters. The van der Waals surface area contributed by atoms with Crippen molar-refractivity contribution in [1.82, 2.24) is 4.90 Å². The summed E-state index contributed by atoms with van der Waals surface area (Å²) in [5.41, 5.74) is 2.76. The highest BCUT2D eigenvalue weighted by molar-refractivity contribution is 6.06. The maximum atomic E-state index is 13.2. The number of likely N-dealkylation sites (tertiary alicyclic amines) is 1. The second kappa shape index (κ2) is 7.04. The van der Waals surface area contributed by atoms with Crippen molar-refractivity contribution in [3.8, 4) is 0 Å². The van der Waals surface area contributed by atoms with Gasteiger partial charge in [0.05, 0.1) is 17.9 Å². The summed E-state index contributed by atoms with van der Waals surface area (Å²) in [5, 5.41) is 0. The Morgan fingerprint density at radius 3 is 2.62 bits per heavy atom. The molecule has 2 aliphatic heterocycles. The molecular formula is C22H27NO6. The van der Waals surface area contributed by atoms with Crippen LogP contribution in [0.3, 0.4) is 0 Å². The van der Waals surface area contributed by atoms with Crippen molar-refractivity contribution in [1.29, 1.82) is 0 Å². The average Bonchev–Trinajstić information content (AvgIpc) is 3.23. The summed E-state index contributed by atoms with van der Waals surface area (Å²) in [6.45, 7) is 7.00. The summed E-state index contributed by atoms with van der Waals surface area (Å²) in [4.78, 5) is 38.9. The van der Waals surface area contributed by atoms with Gasteiger partial charge in [0.2, 0.25) is 0 Å². The molecule has 0 radical (unpaired) electrons. The summed E-state index contributed by atoms with van der Waals surface area (Å²) in [7, 11) is 0. The van der Waals surface area contributed by atoms with Crippen LogP contribution < -0.4 is 0 Å². The molecule has 2 heterocycles. The van der Waals surface area contributed by atoms with Crippen molar-refractivity contribution in [3.63, 3.8) is 0 Å². The molecule has 7 heteroatoms. The van der Waals surface area contributed by atoms with Crippen LogP contribution in [0.5, 0.6) is 0 Å². The Labute approximate surface area is 170 Å². The third kappa shape index (κ3) is 3.58. The van der Waals surface area contributed by atoms with Crippen molar-refractivity contribution in [2.24, 2.45) is 5.92 Å². The number of nitrogens with zero attached hydrogens (tertiary/aromatic N) is 1. The normalized spacial score (nSPS) is 30.3. The molecule has 1 fully saturated rings. The molecule has 0 aromatic heterocycles. The van der Waals surface area contributed by atoms with E-state index in [4.69, 9.17) is 14.2 Å². The first-order valence-electron chi connectivity index (χ1n) is 10.2. The third-order valence-electron chi connectivity index (χ3n) is 5.83. The molecular weight excluding hydrogens is 374 g/mol. The van der Waals surface area contributed by atoms with Gasteiger partial charge in [0, 0.05) is 17.6 Å². The van der Waals surface area contributed by atoms with Gasteiger partial charge in [-0.25, -0.2) is 14.5 Å². The predicted octanol–water partition coefficient (Wildman–Crippen LogP) is 3.75. The Kier molecular flexibility index (Phi) is 4.79. The van der Waals surface area contributed by atoms with E-state index in [1.54, 1.807) is 33.8 Å². The number of amides is 2. The second-order valence-corrected chi connectivity index (χ2v) is 9.08. The second-order valence-electron chi connectivity index (χ2n) is 9.08. The molecule has 0 spiro atoms. The van der Waals surface area contributed by atoms with E-state index >= 15 is 0 Å². The number of carbonyl (C=O) groups excluding carboxylic acids is 3. The predicted molar refractivity (Wildman–Crippen MR) is 103 cm³/mol. The van der Waals surface area contributed by atoms with E-state index in [0.29, 0.717) is 11.1 Å². The van der Waals surface area contributed by atoms with Crippen LogP contribution in [0.2, 0.25) is 0 Å². The van der Waals surface area contributed by atoms with Crippen LogP contribution >= 0.6 is 0 Å². The average molecular weight is 401 g/mol. The minimum absolute atomic E-state index is 0.139. The van der Waals surface area contributed by atoms with E-state index < -0.39 is 29.9 Å². The largest absolute Gasteiger partial charge is 0.458 e. The molecule has 156 valence electrons. The lowest BCUT2D eigenvalue weighted by molar-refractivity contribution is -0.152. The minimum atomic E-state index is -0.846. The van der Waals surface area contributed by atoms with Crippen LogP contribution in [-0.2, 0) is 23.8 Å². The molecule has 1 saturated heterocycles. The number of hydrogen-bond donors (Lipinski definition) is 0. The van der Waals surface area contributed by atoms with E-state index in [-0.39, 0.29) is 12.0 Å². The van der Waals surface area contributed by atoms with Crippen LogP contribution in [0, 0.1) is 5.92 Å². The summed E-state index contributed by atoms with van der Waals surface area (Å²) >= 11 is 0.